The van der Waals surface area contributed by atoms with Crippen molar-refractivity contribution in [1.29, 1.82) is 0 Å². The fourth-order valence-corrected chi connectivity index (χ4v) is 4.75. The van der Waals surface area contributed by atoms with Gasteiger partial charge in [0, 0.05) is 56.1 Å². The highest BCUT2D eigenvalue weighted by Crippen LogP contribution is 2.28. The van der Waals surface area contributed by atoms with E-state index in [2.05, 4.69) is 58.1 Å². The lowest BCUT2D eigenvalue weighted by atomic mass is 9.99. The van der Waals surface area contributed by atoms with E-state index in [1.807, 2.05) is 29.2 Å². The van der Waals surface area contributed by atoms with E-state index in [-0.39, 0.29) is 5.91 Å². The SMILES string of the molecule is CC(C)N1CCN(c2nnc(C(=O)N3CCc4ccccc4C3)c3ccccc23)CC1. The summed E-state index contributed by atoms with van der Waals surface area (Å²) in [6, 6.07) is 17.0. The van der Waals surface area contributed by atoms with Crippen LogP contribution < -0.4 is 4.90 Å². The molecule has 2 aliphatic heterocycles. The van der Waals surface area contributed by atoms with E-state index in [0.717, 1.165) is 49.2 Å². The third-order valence-corrected chi connectivity index (χ3v) is 6.63. The smallest absolute Gasteiger partial charge is 0.275 e. The number of piperazine rings is 1. The van der Waals surface area contributed by atoms with E-state index >= 15 is 0 Å². The number of amides is 1. The van der Waals surface area contributed by atoms with E-state index in [9.17, 15) is 4.79 Å². The number of nitrogens with zero attached hydrogens (tertiary/aromatic N) is 5. The van der Waals surface area contributed by atoms with Crippen LogP contribution in [0.25, 0.3) is 10.8 Å². The molecule has 0 atom stereocenters. The van der Waals surface area contributed by atoms with Crippen molar-refractivity contribution in [3.8, 4) is 0 Å². The van der Waals surface area contributed by atoms with E-state index in [4.69, 9.17) is 0 Å². The van der Waals surface area contributed by atoms with Crippen molar-refractivity contribution in [1.82, 2.24) is 20.0 Å². The van der Waals surface area contributed by atoms with Crippen LogP contribution in [0.1, 0.15) is 35.5 Å². The van der Waals surface area contributed by atoms with E-state index in [1.165, 1.54) is 11.1 Å². The summed E-state index contributed by atoms with van der Waals surface area (Å²) in [5.41, 5.74) is 3.01. The molecule has 3 heterocycles. The van der Waals surface area contributed by atoms with Crippen molar-refractivity contribution in [3.05, 3.63) is 65.4 Å². The van der Waals surface area contributed by atoms with E-state index in [0.29, 0.717) is 24.8 Å². The molecule has 0 aliphatic carbocycles. The molecular formula is C25H29N5O. The fraction of sp³-hybridized carbons (Fsp3) is 0.400. The minimum absolute atomic E-state index is 0.0330. The zero-order valence-electron chi connectivity index (χ0n) is 18.3. The standard InChI is InChI=1S/C25H29N5O/c1-18(2)28-13-15-29(16-14-28)24-22-10-6-5-9-21(22)23(26-27-24)25(31)30-12-11-19-7-3-4-8-20(19)17-30/h3-10,18H,11-17H2,1-2H3. The van der Waals surface area contributed by atoms with Crippen LogP contribution in [0.3, 0.4) is 0 Å². The number of anilines is 1. The first-order valence-electron chi connectivity index (χ1n) is 11.2. The first kappa shape index (κ1) is 19.9. The van der Waals surface area contributed by atoms with Gasteiger partial charge in [-0.15, -0.1) is 10.2 Å². The van der Waals surface area contributed by atoms with Crippen LogP contribution in [0.5, 0.6) is 0 Å². The Kier molecular flexibility index (Phi) is 5.32. The normalized spacial score (nSPS) is 17.3. The minimum Gasteiger partial charge on any atom is -0.352 e. The largest absolute Gasteiger partial charge is 0.352 e. The number of carbonyl (C=O) groups excluding carboxylic acids is 1. The lowest BCUT2D eigenvalue weighted by Crippen LogP contribution is -2.49. The fourth-order valence-electron chi connectivity index (χ4n) is 4.75. The number of rotatable bonds is 3. The van der Waals surface area contributed by atoms with Crippen molar-refractivity contribution in [2.75, 3.05) is 37.6 Å². The van der Waals surface area contributed by atoms with Crippen molar-refractivity contribution in [3.63, 3.8) is 0 Å². The molecule has 3 aromatic rings. The first-order valence-corrected chi connectivity index (χ1v) is 11.2. The Balaban J connectivity index is 1.44. The number of fused-ring (bicyclic) bond motifs is 2. The van der Waals surface area contributed by atoms with Crippen molar-refractivity contribution >= 4 is 22.5 Å². The molecule has 6 heteroatoms. The molecule has 160 valence electrons. The summed E-state index contributed by atoms with van der Waals surface area (Å²) in [7, 11) is 0. The van der Waals surface area contributed by atoms with Gasteiger partial charge in [0.25, 0.3) is 5.91 Å². The maximum absolute atomic E-state index is 13.4. The van der Waals surface area contributed by atoms with Gasteiger partial charge in [-0.1, -0.05) is 48.5 Å². The van der Waals surface area contributed by atoms with Crippen LogP contribution in [0, 0.1) is 0 Å². The molecule has 0 N–H and O–H groups in total. The zero-order chi connectivity index (χ0) is 21.4. The summed E-state index contributed by atoms with van der Waals surface area (Å²) >= 11 is 0. The molecule has 5 rings (SSSR count). The molecule has 0 spiro atoms. The predicted octanol–water partition coefficient (Wildman–Crippen LogP) is 3.36. The van der Waals surface area contributed by atoms with Crippen LogP contribution in [-0.2, 0) is 13.0 Å². The Hall–Kier alpha value is -2.99. The van der Waals surface area contributed by atoms with Crippen molar-refractivity contribution in [2.24, 2.45) is 0 Å². The van der Waals surface area contributed by atoms with Crippen LogP contribution in [0.2, 0.25) is 0 Å². The molecule has 31 heavy (non-hydrogen) atoms. The van der Waals surface area contributed by atoms with E-state index < -0.39 is 0 Å². The molecule has 2 aromatic carbocycles. The second kappa shape index (κ2) is 8.27. The average Bonchev–Trinajstić information content (AvgIpc) is 2.82. The molecule has 0 saturated carbocycles. The molecule has 6 nitrogen and oxygen atoms in total. The van der Waals surface area contributed by atoms with Gasteiger partial charge in [-0.2, -0.15) is 0 Å². The predicted molar refractivity (Wildman–Crippen MR) is 123 cm³/mol. The number of carbonyl (C=O) groups is 1. The van der Waals surface area contributed by atoms with Crippen LogP contribution in [0.4, 0.5) is 5.82 Å². The molecule has 1 saturated heterocycles. The quantitative estimate of drug-likeness (QED) is 0.657. The average molecular weight is 416 g/mol. The third kappa shape index (κ3) is 3.76. The van der Waals surface area contributed by atoms with Crippen molar-refractivity contribution < 1.29 is 4.79 Å². The molecule has 0 unspecified atom stereocenters. The molecule has 1 fully saturated rings. The monoisotopic (exact) mass is 415 g/mol. The van der Waals surface area contributed by atoms with E-state index in [1.54, 1.807) is 0 Å². The summed E-state index contributed by atoms with van der Waals surface area (Å²) < 4.78 is 0. The highest BCUT2D eigenvalue weighted by Gasteiger charge is 2.27. The molecular weight excluding hydrogens is 386 g/mol. The number of hydrogen-bond acceptors (Lipinski definition) is 5. The summed E-state index contributed by atoms with van der Waals surface area (Å²) in [5, 5.41) is 10.9. The lowest BCUT2D eigenvalue weighted by molar-refractivity contribution is 0.0730. The second-order valence-corrected chi connectivity index (χ2v) is 8.78. The summed E-state index contributed by atoms with van der Waals surface area (Å²) in [5.74, 6) is 0.855. The van der Waals surface area contributed by atoms with Crippen LogP contribution in [0.15, 0.2) is 48.5 Å². The Morgan fingerprint density at radius 2 is 1.52 bits per heavy atom. The van der Waals surface area contributed by atoms with Gasteiger partial charge in [0.2, 0.25) is 0 Å². The van der Waals surface area contributed by atoms with Gasteiger partial charge in [-0.05, 0) is 31.4 Å². The van der Waals surface area contributed by atoms with Crippen molar-refractivity contribution in [2.45, 2.75) is 32.9 Å². The highest BCUT2D eigenvalue weighted by molar-refractivity contribution is 6.07. The molecule has 2 aliphatic rings. The summed E-state index contributed by atoms with van der Waals surface area (Å²) in [6.45, 7) is 9.70. The second-order valence-electron chi connectivity index (χ2n) is 8.78. The highest BCUT2D eigenvalue weighted by atomic mass is 16.2. The lowest BCUT2D eigenvalue weighted by Gasteiger charge is -2.37. The van der Waals surface area contributed by atoms with Crippen LogP contribution >= 0.6 is 0 Å². The zero-order valence-corrected chi connectivity index (χ0v) is 18.3. The van der Waals surface area contributed by atoms with Gasteiger partial charge >= 0.3 is 0 Å². The number of aromatic nitrogens is 2. The minimum atomic E-state index is -0.0330. The maximum atomic E-state index is 13.4. The third-order valence-electron chi connectivity index (χ3n) is 6.63. The molecule has 0 bridgehead atoms. The Morgan fingerprint density at radius 3 is 2.26 bits per heavy atom. The molecule has 1 aromatic heterocycles. The van der Waals surface area contributed by atoms with Gasteiger partial charge in [0.1, 0.15) is 0 Å². The number of hydrogen-bond donors (Lipinski definition) is 0. The van der Waals surface area contributed by atoms with Gasteiger partial charge in [-0.3, -0.25) is 9.69 Å². The Morgan fingerprint density at radius 1 is 0.839 bits per heavy atom. The van der Waals surface area contributed by atoms with Gasteiger partial charge in [0.05, 0.1) is 0 Å². The van der Waals surface area contributed by atoms with Gasteiger partial charge in [-0.25, -0.2) is 0 Å². The maximum Gasteiger partial charge on any atom is 0.275 e. The Bertz CT molecular complexity index is 1100. The van der Waals surface area contributed by atoms with Crippen LogP contribution in [-0.4, -0.2) is 64.7 Å². The summed E-state index contributed by atoms with van der Waals surface area (Å²) in [4.78, 5) is 20.1. The van der Waals surface area contributed by atoms with Gasteiger partial charge < -0.3 is 9.80 Å². The van der Waals surface area contributed by atoms with Gasteiger partial charge in [0.15, 0.2) is 11.5 Å². The first-order chi connectivity index (χ1) is 15.1. The molecule has 1 amide bonds. The number of benzene rings is 2. The summed E-state index contributed by atoms with van der Waals surface area (Å²) in [6.07, 6.45) is 0.880. The molecule has 0 radical (unpaired) electrons. The Labute approximate surface area is 183 Å². The topological polar surface area (TPSA) is 52.6 Å².